The summed E-state index contributed by atoms with van der Waals surface area (Å²) >= 11 is 0. The Morgan fingerprint density at radius 1 is 1.00 bits per heavy atom. The van der Waals surface area contributed by atoms with Gasteiger partial charge in [0.15, 0.2) is 0 Å². The van der Waals surface area contributed by atoms with E-state index in [1.807, 2.05) is 0 Å². The van der Waals surface area contributed by atoms with Gasteiger partial charge in [0.05, 0.1) is 6.04 Å². The molecule has 114 valence electrons. The molecule has 4 aliphatic carbocycles. The van der Waals surface area contributed by atoms with Gasteiger partial charge in [0, 0.05) is 0 Å². The second-order valence-corrected chi connectivity index (χ2v) is 9.00. The van der Waals surface area contributed by atoms with Crippen LogP contribution < -0.4 is 11.3 Å². The molecule has 4 fully saturated rings. The van der Waals surface area contributed by atoms with Crippen molar-refractivity contribution in [1.29, 1.82) is 0 Å². The van der Waals surface area contributed by atoms with Crippen molar-refractivity contribution in [2.45, 2.75) is 58.4 Å². The molecule has 21 heavy (non-hydrogen) atoms. The molecule has 0 saturated heterocycles. The highest BCUT2D eigenvalue weighted by Crippen LogP contribution is 2.72. The predicted molar refractivity (Wildman–Crippen MR) is 86.3 cm³/mol. The lowest BCUT2D eigenvalue weighted by Crippen LogP contribution is -2.59. The van der Waals surface area contributed by atoms with Gasteiger partial charge in [-0.05, 0) is 66.3 Å². The van der Waals surface area contributed by atoms with Crippen LogP contribution in [0, 0.1) is 22.2 Å². The number of nitrogens with one attached hydrogen (secondary N) is 1. The molecule has 3 N–H and O–H groups in total. The highest BCUT2D eigenvalue weighted by molar-refractivity contribution is 5.25. The van der Waals surface area contributed by atoms with Gasteiger partial charge in [-0.3, -0.25) is 11.3 Å². The Kier molecular flexibility index (Phi) is 2.84. The minimum atomic E-state index is 0.306. The van der Waals surface area contributed by atoms with Crippen LogP contribution >= 0.6 is 0 Å². The second-order valence-electron chi connectivity index (χ2n) is 9.00. The predicted octanol–water partition coefficient (Wildman–Crippen LogP) is 4.19. The Hall–Kier alpha value is -0.860. The summed E-state index contributed by atoms with van der Waals surface area (Å²) in [7, 11) is 0. The molecule has 2 nitrogen and oxygen atoms in total. The molecule has 1 aromatic carbocycles. The van der Waals surface area contributed by atoms with Gasteiger partial charge < -0.3 is 0 Å². The van der Waals surface area contributed by atoms with E-state index >= 15 is 0 Å². The zero-order valence-electron chi connectivity index (χ0n) is 13.4. The molecule has 0 aromatic heterocycles. The van der Waals surface area contributed by atoms with E-state index in [9.17, 15) is 0 Å². The highest BCUT2D eigenvalue weighted by atomic mass is 15.2. The molecule has 3 atom stereocenters. The first-order valence-corrected chi connectivity index (χ1v) is 8.47. The summed E-state index contributed by atoms with van der Waals surface area (Å²) in [4.78, 5) is 0. The Labute approximate surface area is 128 Å². The van der Waals surface area contributed by atoms with E-state index in [0.717, 1.165) is 5.92 Å². The maximum Gasteiger partial charge on any atom is 0.0516 e. The standard InChI is InChI=1S/C19H28N2/c1-17-8-14-9-18(2,11-17)13-19(10-14,12-17)16(21-20)15-6-4-3-5-7-15/h3-7,14,16,21H,8-13,20H2,1-2H3. The van der Waals surface area contributed by atoms with Gasteiger partial charge in [0.2, 0.25) is 0 Å². The molecule has 0 amide bonds. The summed E-state index contributed by atoms with van der Waals surface area (Å²) < 4.78 is 0. The van der Waals surface area contributed by atoms with Gasteiger partial charge in [-0.1, -0.05) is 44.2 Å². The normalized spacial score (nSPS) is 45.8. The first kappa shape index (κ1) is 13.8. The Morgan fingerprint density at radius 2 is 1.62 bits per heavy atom. The van der Waals surface area contributed by atoms with E-state index in [1.54, 1.807) is 0 Å². The fourth-order valence-corrected chi connectivity index (χ4v) is 7.13. The summed E-state index contributed by atoms with van der Waals surface area (Å²) in [6.45, 7) is 5.06. The molecule has 4 bridgehead atoms. The zero-order chi connectivity index (χ0) is 14.7. The van der Waals surface area contributed by atoms with E-state index in [-0.39, 0.29) is 0 Å². The molecule has 0 heterocycles. The van der Waals surface area contributed by atoms with Crippen molar-refractivity contribution in [1.82, 2.24) is 5.43 Å². The van der Waals surface area contributed by atoms with E-state index in [1.165, 1.54) is 44.1 Å². The fourth-order valence-electron chi connectivity index (χ4n) is 7.13. The maximum atomic E-state index is 6.06. The molecule has 0 spiro atoms. The van der Waals surface area contributed by atoms with Gasteiger partial charge in [-0.15, -0.1) is 0 Å². The minimum absolute atomic E-state index is 0.306. The van der Waals surface area contributed by atoms with Crippen molar-refractivity contribution >= 4 is 0 Å². The van der Waals surface area contributed by atoms with Crippen molar-refractivity contribution in [3.63, 3.8) is 0 Å². The lowest BCUT2D eigenvalue weighted by Gasteiger charge is -2.67. The van der Waals surface area contributed by atoms with Gasteiger partial charge in [-0.2, -0.15) is 0 Å². The number of hydrogen-bond donors (Lipinski definition) is 2. The fraction of sp³-hybridized carbons (Fsp3) is 0.684. The van der Waals surface area contributed by atoms with Crippen molar-refractivity contribution in [2.24, 2.45) is 28.0 Å². The molecule has 4 saturated carbocycles. The van der Waals surface area contributed by atoms with Crippen LogP contribution in [0.25, 0.3) is 0 Å². The van der Waals surface area contributed by atoms with Crippen LogP contribution in [0.2, 0.25) is 0 Å². The third-order valence-electron chi connectivity index (χ3n) is 6.58. The van der Waals surface area contributed by atoms with Crippen LogP contribution in [0.1, 0.15) is 64.0 Å². The average Bonchev–Trinajstić information content (AvgIpc) is 2.36. The van der Waals surface area contributed by atoms with Crippen LogP contribution in [-0.4, -0.2) is 0 Å². The topological polar surface area (TPSA) is 38.0 Å². The Morgan fingerprint density at radius 3 is 2.14 bits per heavy atom. The van der Waals surface area contributed by atoms with Crippen LogP contribution in [0.15, 0.2) is 30.3 Å². The summed E-state index contributed by atoms with van der Waals surface area (Å²) in [5, 5.41) is 0. The Bertz CT molecular complexity index is 520. The number of rotatable bonds is 3. The molecule has 2 heteroatoms. The molecular formula is C19H28N2. The largest absolute Gasteiger partial charge is 0.271 e. The van der Waals surface area contributed by atoms with Gasteiger partial charge in [0.1, 0.15) is 0 Å². The van der Waals surface area contributed by atoms with Gasteiger partial charge in [-0.25, -0.2) is 0 Å². The maximum absolute atomic E-state index is 6.06. The number of nitrogens with two attached hydrogens (primary N) is 1. The molecule has 0 aliphatic heterocycles. The lowest BCUT2D eigenvalue weighted by molar-refractivity contribution is -0.158. The minimum Gasteiger partial charge on any atom is -0.271 e. The zero-order valence-corrected chi connectivity index (χ0v) is 13.4. The SMILES string of the molecule is CC12CC3CC(C)(C1)CC(C(NN)c1ccccc1)(C3)C2. The molecule has 3 unspecified atom stereocenters. The Balaban J connectivity index is 1.76. The third-order valence-corrected chi connectivity index (χ3v) is 6.58. The van der Waals surface area contributed by atoms with E-state index in [4.69, 9.17) is 5.84 Å². The van der Waals surface area contributed by atoms with Crippen molar-refractivity contribution < 1.29 is 0 Å². The van der Waals surface area contributed by atoms with Crippen LogP contribution in [0.5, 0.6) is 0 Å². The van der Waals surface area contributed by atoms with Crippen LogP contribution in [-0.2, 0) is 0 Å². The first-order chi connectivity index (χ1) is 9.96. The molecule has 1 aromatic rings. The van der Waals surface area contributed by atoms with Crippen molar-refractivity contribution in [2.75, 3.05) is 0 Å². The monoisotopic (exact) mass is 284 g/mol. The van der Waals surface area contributed by atoms with E-state index in [0.29, 0.717) is 22.3 Å². The first-order valence-electron chi connectivity index (χ1n) is 8.47. The number of hydrazine groups is 1. The molecule has 5 rings (SSSR count). The van der Waals surface area contributed by atoms with Crippen molar-refractivity contribution in [3.05, 3.63) is 35.9 Å². The summed E-state index contributed by atoms with van der Waals surface area (Å²) in [6.07, 6.45) is 8.35. The third kappa shape index (κ3) is 2.07. The molecule has 4 aliphatic rings. The second kappa shape index (κ2) is 4.33. The van der Waals surface area contributed by atoms with Crippen LogP contribution in [0.3, 0.4) is 0 Å². The lowest BCUT2D eigenvalue weighted by atomic mass is 9.39. The summed E-state index contributed by atoms with van der Waals surface area (Å²) in [5.74, 6) is 6.98. The van der Waals surface area contributed by atoms with E-state index in [2.05, 4.69) is 49.6 Å². The van der Waals surface area contributed by atoms with Gasteiger partial charge >= 0.3 is 0 Å². The van der Waals surface area contributed by atoms with Crippen molar-refractivity contribution in [3.8, 4) is 0 Å². The average molecular weight is 284 g/mol. The number of benzene rings is 1. The van der Waals surface area contributed by atoms with Gasteiger partial charge in [0.25, 0.3) is 0 Å². The molecule has 0 radical (unpaired) electrons. The van der Waals surface area contributed by atoms with E-state index < -0.39 is 0 Å². The molecular weight excluding hydrogens is 256 g/mol. The number of hydrogen-bond acceptors (Lipinski definition) is 2. The highest BCUT2D eigenvalue weighted by Gasteiger charge is 2.62. The summed E-state index contributed by atoms with van der Waals surface area (Å²) in [6, 6.07) is 11.2. The quantitative estimate of drug-likeness (QED) is 0.645. The smallest absolute Gasteiger partial charge is 0.0516 e. The summed E-state index contributed by atoms with van der Waals surface area (Å²) in [5.41, 5.74) is 6.02. The van der Waals surface area contributed by atoms with Crippen LogP contribution in [0.4, 0.5) is 0 Å².